The highest BCUT2D eigenvalue weighted by molar-refractivity contribution is 6.31. The quantitative estimate of drug-likeness (QED) is 0.560. The molecule has 0 fully saturated rings. The fraction of sp³-hybridized carbons (Fsp3) is 0. The predicted molar refractivity (Wildman–Crippen MR) is 90.6 cm³/mol. The largest absolute Gasteiger partial charge is 0.444 e. The number of benzene rings is 2. The first kappa shape index (κ1) is 16.0. The molecular formula is C18H12ClFN2O2. The highest BCUT2D eigenvalue weighted by Gasteiger charge is 2.09. The molecule has 0 aliphatic carbocycles. The first-order chi connectivity index (χ1) is 11.6. The summed E-state index contributed by atoms with van der Waals surface area (Å²) in [7, 11) is 0. The minimum absolute atomic E-state index is 0.175. The van der Waals surface area contributed by atoms with Crippen LogP contribution in [0, 0.1) is 5.82 Å². The molecule has 1 N–H and O–H groups in total. The van der Waals surface area contributed by atoms with Gasteiger partial charge in [-0.15, -0.1) is 0 Å². The Morgan fingerprint density at radius 1 is 1.12 bits per heavy atom. The molecule has 0 bridgehead atoms. The van der Waals surface area contributed by atoms with Crippen LogP contribution in [0.25, 0.3) is 11.3 Å². The zero-order valence-electron chi connectivity index (χ0n) is 12.4. The van der Waals surface area contributed by atoms with Gasteiger partial charge in [0.05, 0.1) is 11.8 Å². The molecule has 0 aliphatic heterocycles. The van der Waals surface area contributed by atoms with E-state index in [0.29, 0.717) is 16.9 Å². The van der Waals surface area contributed by atoms with Gasteiger partial charge in [-0.1, -0.05) is 30.3 Å². The zero-order valence-corrected chi connectivity index (χ0v) is 13.1. The van der Waals surface area contributed by atoms with Gasteiger partial charge < -0.3 is 4.42 Å². The van der Waals surface area contributed by atoms with E-state index in [1.165, 1.54) is 30.5 Å². The van der Waals surface area contributed by atoms with Crippen molar-refractivity contribution < 1.29 is 13.6 Å². The lowest BCUT2D eigenvalue weighted by molar-refractivity contribution is 0.0955. The lowest BCUT2D eigenvalue weighted by Crippen LogP contribution is -2.17. The molecule has 1 heterocycles. The summed E-state index contributed by atoms with van der Waals surface area (Å²) in [6.07, 6.45) is 1.39. The number of carbonyl (C=O) groups excluding carboxylic acids is 1. The fourth-order valence-electron chi connectivity index (χ4n) is 2.04. The minimum atomic E-state index is -0.450. The maximum Gasteiger partial charge on any atom is 0.271 e. The van der Waals surface area contributed by atoms with Gasteiger partial charge >= 0.3 is 0 Å². The van der Waals surface area contributed by atoms with Crippen LogP contribution in [0.1, 0.15) is 15.9 Å². The van der Waals surface area contributed by atoms with Crippen LogP contribution in [-0.4, -0.2) is 12.1 Å². The van der Waals surface area contributed by atoms with Gasteiger partial charge in [0.2, 0.25) is 5.22 Å². The number of nitrogens with zero attached hydrogens (tertiary/aromatic N) is 1. The van der Waals surface area contributed by atoms with Crippen molar-refractivity contribution in [3.63, 3.8) is 0 Å². The maximum atomic E-state index is 12.8. The van der Waals surface area contributed by atoms with Crippen molar-refractivity contribution in [1.82, 2.24) is 5.43 Å². The summed E-state index contributed by atoms with van der Waals surface area (Å²) in [5, 5.41) is 4.02. The monoisotopic (exact) mass is 342 g/mol. The van der Waals surface area contributed by atoms with E-state index in [2.05, 4.69) is 10.5 Å². The Hall–Kier alpha value is -2.92. The first-order valence-electron chi connectivity index (χ1n) is 7.07. The van der Waals surface area contributed by atoms with Gasteiger partial charge in [0.1, 0.15) is 11.6 Å². The Kier molecular flexibility index (Phi) is 4.72. The summed E-state index contributed by atoms with van der Waals surface area (Å²) >= 11 is 6.03. The molecule has 0 atom stereocenters. The van der Waals surface area contributed by atoms with Crippen molar-refractivity contribution in [2.45, 2.75) is 0 Å². The Labute approximate surface area is 142 Å². The molecule has 1 aromatic heterocycles. The summed E-state index contributed by atoms with van der Waals surface area (Å²) in [4.78, 5) is 11.9. The van der Waals surface area contributed by atoms with Gasteiger partial charge in [-0.25, -0.2) is 9.82 Å². The lowest BCUT2D eigenvalue weighted by Gasteiger charge is -1.98. The summed E-state index contributed by atoms with van der Waals surface area (Å²) < 4.78 is 18.3. The Bertz CT molecular complexity index is 874. The van der Waals surface area contributed by atoms with Crippen LogP contribution < -0.4 is 5.43 Å². The van der Waals surface area contributed by atoms with Crippen LogP contribution in [0.3, 0.4) is 0 Å². The number of furan rings is 1. The van der Waals surface area contributed by atoms with E-state index < -0.39 is 11.7 Å². The fourth-order valence-corrected chi connectivity index (χ4v) is 2.23. The molecule has 3 rings (SSSR count). The number of halogens is 2. The third-order valence-corrected chi connectivity index (χ3v) is 3.54. The van der Waals surface area contributed by atoms with Crippen LogP contribution in [-0.2, 0) is 0 Å². The lowest BCUT2D eigenvalue weighted by atomic mass is 10.1. The van der Waals surface area contributed by atoms with E-state index in [1.54, 1.807) is 6.07 Å². The van der Waals surface area contributed by atoms with Gasteiger partial charge in [-0.2, -0.15) is 5.10 Å². The number of nitrogens with one attached hydrogen (secondary N) is 1. The average molecular weight is 343 g/mol. The molecule has 0 saturated carbocycles. The highest BCUT2D eigenvalue weighted by atomic mass is 35.5. The zero-order chi connectivity index (χ0) is 16.9. The SMILES string of the molecule is O=C(NN=Cc1cc(-c2ccccc2)oc1Cl)c1ccc(F)cc1. The van der Waals surface area contributed by atoms with E-state index in [1.807, 2.05) is 30.3 Å². The van der Waals surface area contributed by atoms with Crippen molar-refractivity contribution in [2.24, 2.45) is 5.10 Å². The van der Waals surface area contributed by atoms with E-state index in [-0.39, 0.29) is 5.22 Å². The molecule has 0 aliphatic rings. The molecule has 0 spiro atoms. The highest BCUT2D eigenvalue weighted by Crippen LogP contribution is 2.27. The normalized spacial score (nSPS) is 10.9. The van der Waals surface area contributed by atoms with Crippen molar-refractivity contribution >= 4 is 23.7 Å². The molecule has 0 unspecified atom stereocenters. The van der Waals surface area contributed by atoms with Gasteiger partial charge in [0.25, 0.3) is 5.91 Å². The number of rotatable bonds is 4. The molecule has 24 heavy (non-hydrogen) atoms. The first-order valence-corrected chi connectivity index (χ1v) is 7.45. The third-order valence-electron chi connectivity index (χ3n) is 3.25. The van der Waals surface area contributed by atoms with Crippen molar-refractivity contribution in [1.29, 1.82) is 0 Å². The predicted octanol–water partition coefficient (Wildman–Crippen LogP) is 4.50. The average Bonchev–Trinajstić information content (AvgIpc) is 2.97. The van der Waals surface area contributed by atoms with Crippen LogP contribution in [0.4, 0.5) is 4.39 Å². The number of hydrogen-bond acceptors (Lipinski definition) is 3. The van der Waals surface area contributed by atoms with Crippen LogP contribution in [0.2, 0.25) is 5.22 Å². The van der Waals surface area contributed by atoms with E-state index in [0.717, 1.165) is 5.56 Å². The smallest absolute Gasteiger partial charge is 0.271 e. The molecule has 2 aromatic carbocycles. The van der Waals surface area contributed by atoms with Gasteiger partial charge in [0.15, 0.2) is 0 Å². The number of amides is 1. The van der Waals surface area contributed by atoms with Crippen LogP contribution >= 0.6 is 11.6 Å². The molecule has 3 aromatic rings. The van der Waals surface area contributed by atoms with Gasteiger partial charge in [-0.05, 0) is 41.9 Å². The maximum absolute atomic E-state index is 12.8. The Morgan fingerprint density at radius 2 is 1.83 bits per heavy atom. The molecule has 1 amide bonds. The molecule has 4 nitrogen and oxygen atoms in total. The summed E-state index contributed by atoms with van der Waals surface area (Å²) in [6, 6.07) is 16.4. The molecule has 6 heteroatoms. The topological polar surface area (TPSA) is 54.6 Å². The summed E-state index contributed by atoms with van der Waals surface area (Å²) in [6.45, 7) is 0. The molecule has 120 valence electrons. The minimum Gasteiger partial charge on any atom is -0.444 e. The van der Waals surface area contributed by atoms with Gasteiger partial charge in [0, 0.05) is 11.1 Å². The van der Waals surface area contributed by atoms with Crippen molar-refractivity contribution in [2.75, 3.05) is 0 Å². The molecule has 0 saturated heterocycles. The third kappa shape index (κ3) is 3.70. The van der Waals surface area contributed by atoms with E-state index in [4.69, 9.17) is 16.0 Å². The second-order valence-electron chi connectivity index (χ2n) is 4.91. The van der Waals surface area contributed by atoms with Crippen molar-refractivity contribution in [3.8, 4) is 11.3 Å². The summed E-state index contributed by atoms with van der Waals surface area (Å²) in [5.74, 6) is -0.255. The van der Waals surface area contributed by atoms with Crippen LogP contribution in [0.5, 0.6) is 0 Å². The summed E-state index contributed by atoms with van der Waals surface area (Å²) in [5.41, 5.74) is 4.07. The Morgan fingerprint density at radius 3 is 2.54 bits per heavy atom. The molecule has 0 radical (unpaired) electrons. The molecular weight excluding hydrogens is 331 g/mol. The van der Waals surface area contributed by atoms with Crippen LogP contribution in [0.15, 0.2) is 70.2 Å². The number of hydrogen-bond donors (Lipinski definition) is 1. The Balaban J connectivity index is 1.70. The van der Waals surface area contributed by atoms with Gasteiger partial charge in [-0.3, -0.25) is 4.79 Å². The standard InChI is InChI=1S/C18H12ClFN2O2/c19-17-14(10-16(24-17)12-4-2-1-3-5-12)11-21-22-18(23)13-6-8-15(20)9-7-13/h1-11H,(H,22,23). The second kappa shape index (κ2) is 7.10. The second-order valence-corrected chi connectivity index (χ2v) is 5.26. The van der Waals surface area contributed by atoms with Crippen molar-refractivity contribution in [3.05, 3.63) is 82.8 Å². The number of hydrazone groups is 1. The van der Waals surface area contributed by atoms with E-state index >= 15 is 0 Å². The number of carbonyl (C=O) groups is 1. The van der Waals surface area contributed by atoms with E-state index in [9.17, 15) is 9.18 Å².